The Kier molecular flexibility index (Phi) is 8.49. The van der Waals surface area contributed by atoms with Gasteiger partial charge in [0, 0.05) is 41.8 Å². The van der Waals surface area contributed by atoms with Gasteiger partial charge in [-0.3, -0.25) is 9.80 Å². The van der Waals surface area contributed by atoms with Crippen molar-refractivity contribution < 1.29 is 23.8 Å². The number of halogens is 1. The molecular weight excluding hydrogens is 566 g/mol. The molecule has 1 heterocycles. The second-order valence-corrected chi connectivity index (χ2v) is 13.7. The van der Waals surface area contributed by atoms with Gasteiger partial charge in [-0.1, -0.05) is 41.9 Å². The monoisotopic (exact) mass is 609 g/mol. The molecule has 0 radical (unpaired) electrons. The molecule has 3 aliphatic rings. The van der Waals surface area contributed by atoms with Crippen LogP contribution in [0, 0.1) is 0 Å². The summed E-state index contributed by atoms with van der Waals surface area (Å²) in [6, 6.07) is 16.1. The van der Waals surface area contributed by atoms with Crippen LogP contribution in [-0.4, -0.2) is 79.9 Å². The number of ether oxygens (including phenoxy) is 3. The summed E-state index contributed by atoms with van der Waals surface area (Å²) in [6.07, 6.45) is 5.88. The zero-order chi connectivity index (χ0) is 31.2. The normalized spacial score (nSPS) is 26.7. The minimum atomic E-state index is -0.826. The van der Waals surface area contributed by atoms with E-state index in [2.05, 4.69) is 61.3 Å². The highest BCUT2D eigenvalue weighted by molar-refractivity contribution is 6.31. The van der Waals surface area contributed by atoms with Gasteiger partial charge in [-0.05, 0) is 89.9 Å². The Bertz CT molecular complexity index is 1380. The molecule has 43 heavy (non-hydrogen) atoms. The van der Waals surface area contributed by atoms with Crippen LogP contribution >= 0.6 is 11.6 Å². The predicted octanol–water partition coefficient (Wildman–Crippen LogP) is 6.42. The fraction of sp³-hybridized carbons (Fsp3) is 0.529. The summed E-state index contributed by atoms with van der Waals surface area (Å²) >= 11 is 6.63. The molecule has 2 aromatic carbocycles. The molecule has 9 heteroatoms. The lowest BCUT2D eigenvalue weighted by Gasteiger charge is -2.47. The number of piperidine rings is 1. The molecule has 1 unspecified atom stereocenters. The van der Waals surface area contributed by atoms with Gasteiger partial charge in [0.2, 0.25) is 0 Å². The van der Waals surface area contributed by atoms with Crippen LogP contribution in [0.1, 0.15) is 58.4 Å². The molecule has 2 fully saturated rings. The van der Waals surface area contributed by atoms with Crippen LogP contribution < -0.4 is 9.64 Å². The Labute approximate surface area is 260 Å². The molecule has 2 aromatic rings. The third-order valence-corrected chi connectivity index (χ3v) is 9.46. The number of hydrogen-bond acceptors (Lipinski definition) is 7. The molecule has 0 aromatic heterocycles. The Hall–Kier alpha value is -3.23. The van der Waals surface area contributed by atoms with E-state index >= 15 is 0 Å². The van der Waals surface area contributed by atoms with Crippen molar-refractivity contribution >= 4 is 29.4 Å². The summed E-state index contributed by atoms with van der Waals surface area (Å²) in [6.45, 7) is 5.64. The van der Waals surface area contributed by atoms with Gasteiger partial charge in [0.1, 0.15) is 17.4 Å². The molecule has 232 valence electrons. The van der Waals surface area contributed by atoms with Crippen LogP contribution in [0.15, 0.2) is 60.2 Å². The van der Waals surface area contributed by atoms with Crippen molar-refractivity contribution in [2.75, 3.05) is 39.7 Å². The van der Waals surface area contributed by atoms with E-state index < -0.39 is 29.3 Å². The number of hydrogen-bond donors (Lipinski definition) is 0. The number of benzene rings is 2. The third kappa shape index (κ3) is 6.36. The molecule has 1 saturated heterocycles. The van der Waals surface area contributed by atoms with Gasteiger partial charge in [-0.2, -0.15) is 0 Å². The largest absolute Gasteiger partial charge is 0.478 e. The van der Waals surface area contributed by atoms with Crippen LogP contribution in [0.2, 0.25) is 5.02 Å². The fourth-order valence-electron chi connectivity index (χ4n) is 6.74. The minimum absolute atomic E-state index is 0.0265. The first-order valence-corrected chi connectivity index (χ1v) is 15.4. The molecule has 2 aliphatic carbocycles. The number of nitrogens with zero attached hydrogens (tertiary/aromatic N) is 3. The predicted molar refractivity (Wildman–Crippen MR) is 169 cm³/mol. The van der Waals surface area contributed by atoms with Crippen LogP contribution in [0.25, 0.3) is 0 Å². The van der Waals surface area contributed by atoms with Crippen LogP contribution in [0.4, 0.5) is 10.5 Å². The van der Waals surface area contributed by atoms with Crippen molar-refractivity contribution in [2.45, 2.75) is 81.7 Å². The second-order valence-electron chi connectivity index (χ2n) is 13.3. The zero-order valence-corrected chi connectivity index (χ0v) is 27.1. The summed E-state index contributed by atoms with van der Waals surface area (Å²) < 4.78 is 17.2. The zero-order valence-electron chi connectivity index (χ0n) is 26.4. The lowest BCUT2D eigenvalue weighted by atomic mass is 9.73. The number of anilines is 1. The number of likely N-dealkylation sites (tertiary alicyclic amines) is 1. The lowest BCUT2D eigenvalue weighted by Crippen LogP contribution is -2.54. The lowest BCUT2D eigenvalue weighted by molar-refractivity contribution is -0.148. The van der Waals surface area contributed by atoms with E-state index in [1.807, 2.05) is 18.2 Å². The van der Waals surface area contributed by atoms with Gasteiger partial charge in [-0.15, -0.1) is 0 Å². The first-order valence-electron chi connectivity index (χ1n) is 15.0. The van der Waals surface area contributed by atoms with Crippen LogP contribution in [-0.2, 0) is 19.8 Å². The van der Waals surface area contributed by atoms with E-state index in [-0.39, 0.29) is 18.5 Å². The summed E-state index contributed by atoms with van der Waals surface area (Å²) in [5, 5.41) is 0.580. The SMILES string of the molecule is COC(=O)[C@@H]1CC2(Oc3cc(Cl)cc(N(C)C4CCC(c5ccccc5)(N(C)C)CC4)c3)C=C2CN1C(=O)OC(C)(C)C. The van der Waals surface area contributed by atoms with Crippen molar-refractivity contribution in [1.29, 1.82) is 0 Å². The van der Waals surface area contributed by atoms with E-state index in [0.29, 0.717) is 16.8 Å². The molecule has 1 aliphatic heterocycles. The number of fused-ring (bicyclic) bond motifs is 1. The quantitative estimate of drug-likeness (QED) is 0.265. The van der Waals surface area contributed by atoms with E-state index in [9.17, 15) is 9.59 Å². The second kappa shape index (κ2) is 11.7. The highest BCUT2D eigenvalue weighted by atomic mass is 35.5. The maximum atomic E-state index is 12.9. The standard InChI is InChI=1S/C34H44ClN3O5/c1-32(2,3)43-31(40)38-22-24-20-34(24,21-29(38)30(39)41-7)42-28-18-25(35)17-27(19-28)37(6)26-13-15-33(16-14-26,36(4)5)23-11-9-8-10-12-23/h8-12,17-20,26,29H,13-16,21-22H2,1-7H3/t26?,29-,33?,34?/m0/s1. The van der Waals surface area contributed by atoms with Crippen molar-refractivity contribution in [3.8, 4) is 5.75 Å². The molecule has 1 amide bonds. The maximum Gasteiger partial charge on any atom is 0.411 e. The molecule has 0 bridgehead atoms. The molecule has 0 spiro atoms. The van der Waals surface area contributed by atoms with Gasteiger partial charge in [0.15, 0.2) is 5.60 Å². The van der Waals surface area contributed by atoms with Gasteiger partial charge in [0.05, 0.1) is 13.7 Å². The minimum Gasteiger partial charge on any atom is -0.478 e. The summed E-state index contributed by atoms with van der Waals surface area (Å²) in [5.74, 6) is 0.124. The molecule has 8 nitrogen and oxygen atoms in total. The molecular formula is C34H44ClN3O5. The first kappa shape index (κ1) is 31.2. The van der Waals surface area contributed by atoms with Crippen LogP contribution in [0.3, 0.4) is 0 Å². The summed E-state index contributed by atoms with van der Waals surface area (Å²) in [7, 11) is 7.81. The highest BCUT2D eigenvalue weighted by Gasteiger charge is 2.57. The number of carbonyl (C=O) groups excluding carboxylic acids is 2. The number of esters is 1. The smallest absolute Gasteiger partial charge is 0.411 e. The molecule has 2 atom stereocenters. The molecule has 1 saturated carbocycles. The average Bonchev–Trinajstić information content (AvgIpc) is 3.67. The van der Waals surface area contributed by atoms with E-state index in [1.165, 1.54) is 17.6 Å². The van der Waals surface area contributed by atoms with Crippen molar-refractivity contribution in [3.05, 3.63) is 70.8 Å². The molecule has 5 rings (SSSR count). The van der Waals surface area contributed by atoms with Gasteiger partial charge >= 0.3 is 12.1 Å². The van der Waals surface area contributed by atoms with Gasteiger partial charge in [-0.25, -0.2) is 9.59 Å². The fourth-order valence-corrected chi connectivity index (χ4v) is 6.96. The van der Waals surface area contributed by atoms with Crippen molar-refractivity contribution in [1.82, 2.24) is 9.80 Å². The maximum absolute atomic E-state index is 12.9. The summed E-state index contributed by atoms with van der Waals surface area (Å²) in [5.41, 5.74) is 1.87. The first-order chi connectivity index (χ1) is 20.3. The number of carbonyl (C=O) groups is 2. The number of methoxy groups -OCH3 is 1. The molecule has 0 N–H and O–H groups in total. The number of amides is 1. The van der Waals surface area contributed by atoms with Gasteiger partial charge < -0.3 is 19.1 Å². The Morgan fingerprint density at radius 3 is 2.30 bits per heavy atom. The third-order valence-electron chi connectivity index (χ3n) is 9.24. The van der Waals surface area contributed by atoms with E-state index in [0.717, 1.165) is 36.9 Å². The Morgan fingerprint density at radius 2 is 1.70 bits per heavy atom. The highest BCUT2D eigenvalue weighted by Crippen LogP contribution is 2.49. The average molecular weight is 610 g/mol. The summed E-state index contributed by atoms with van der Waals surface area (Å²) in [4.78, 5) is 31.8. The van der Waals surface area contributed by atoms with Crippen molar-refractivity contribution in [2.24, 2.45) is 0 Å². The van der Waals surface area contributed by atoms with Gasteiger partial charge in [0.25, 0.3) is 0 Å². The van der Waals surface area contributed by atoms with E-state index in [4.69, 9.17) is 25.8 Å². The Balaban J connectivity index is 1.29. The Morgan fingerprint density at radius 1 is 1.02 bits per heavy atom. The van der Waals surface area contributed by atoms with Crippen LogP contribution in [0.5, 0.6) is 5.75 Å². The van der Waals surface area contributed by atoms with E-state index in [1.54, 1.807) is 26.8 Å². The topological polar surface area (TPSA) is 71.6 Å². The van der Waals surface area contributed by atoms with Crippen molar-refractivity contribution in [3.63, 3.8) is 0 Å². The number of rotatable bonds is 7.